The molecule has 0 spiro atoms. The van der Waals surface area contributed by atoms with E-state index in [-0.39, 0.29) is 12.4 Å². The standard InChI is InChI=1S/C12H10ClF3N4O/c1-21-10-4-7(2-3-17-10)6-18-9-5-8(12(14,15)16)19-11(13)20-9/h2-5H,6H2,1H3,(H,18,19,20). The highest BCUT2D eigenvalue weighted by Crippen LogP contribution is 2.29. The summed E-state index contributed by atoms with van der Waals surface area (Å²) >= 11 is 5.49. The first-order valence-corrected chi connectivity index (χ1v) is 6.11. The maximum atomic E-state index is 12.6. The fourth-order valence-electron chi connectivity index (χ4n) is 1.52. The first-order valence-electron chi connectivity index (χ1n) is 5.73. The molecule has 0 aliphatic rings. The second kappa shape index (κ2) is 6.13. The van der Waals surface area contributed by atoms with Gasteiger partial charge in [0.05, 0.1) is 7.11 Å². The number of pyridine rings is 1. The maximum Gasteiger partial charge on any atom is 0.433 e. The van der Waals surface area contributed by atoms with Crippen molar-refractivity contribution in [3.8, 4) is 5.88 Å². The summed E-state index contributed by atoms with van der Waals surface area (Å²) in [5, 5.41) is 2.27. The molecule has 0 unspecified atom stereocenters. The Morgan fingerprint density at radius 1 is 1.29 bits per heavy atom. The summed E-state index contributed by atoms with van der Waals surface area (Å²) in [4.78, 5) is 10.8. The highest BCUT2D eigenvalue weighted by Gasteiger charge is 2.33. The number of halogens is 4. The topological polar surface area (TPSA) is 59.9 Å². The van der Waals surface area contributed by atoms with Crippen LogP contribution < -0.4 is 10.1 Å². The minimum absolute atomic E-state index is 0.0156. The molecule has 2 aromatic rings. The Hall–Kier alpha value is -2.09. The van der Waals surface area contributed by atoms with E-state index in [1.54, 1.807) is 12.1 Å². The fourth-order valence-corrected chi connectivity index (χ4v) is 1.70. The number of methoxy groups -OCH3 is 1. The van der Waals surface area contributed by atoms with Gasteiger partial charge in [-0.3, -0.25) is 0 Å². The van der Waals surface area contributed by atoms with E-state index in [0.717, 1.165) is 11.6 Å². The van der Waals surface area contributed by atoms with Crippen LogP contribution in [0.15, 0.2) is 24.4 Å². The molecule has 0 atom stereocenters. The molecule has 5 nitrogen and oxygen atoms in total. The van der Waals surface area contributed by atoms with Crippen molar-refractivity contribution >= 4 is 17.4 Å². The minimum Gasteiger partial charge on any atom is -0.481 e. The van der Waals surface area contributed by atoms with Crippen LogP contribution in [0.2, 0.25) is 5.28 Å². The van der Waals surface area contributed by atoms with Crippen LogP contribution in [0.5, 0.6) is 5.88 Å². The maximum absolute atomic E-state index is 12.6. The van der Waals surface area contributed by atoms with E-state index in [4.69, 9.17) is 16.3 Å². The van der Waals surface area contributed by atoms with Gasteiger partial charge in [-0.2, -0.15) is 13.2 Å². The average Bonchev–Trinajstić information content (AvgIpc) is 2.44. The largest absolute Gasteiger partial charge is 0.481 e. The molecule has 0 amide bonds. The zero-order valence-electron chi connectivity index (χ0n) is 10.8. The first kappa shape index (κ1) is 15.3. The number of hydrogen-bond acceptors (Lipinski definition) is 5. The van der Waals surface area contributed by atoms with Crippen LogP contribution in [0.25, 0.3) is 0 Å². The second-order valence-corrected chi connectivity index (χ2v) is 4.30. The van der Waals surface area contributed by atoms with Gasteiger partial charge in [-0.1, -0.05) is 0 Å². The van der Waals surface area contributed by atoms with Crippen molar-refractivity contribution < 1.29 is 17.9 Å². The van der Waals surface area contributed by atoms with Gasteiger partial charge >= 0.3 is 6.18 Å². The molecule has 0 saturated heterocycles. The molecule has 2 heterocycles. The summed E-state index contributed by atoms with van der Waals surface area (Å²) in [6, 6.07) is 4.15. The zero-order valence-corrected chi connectivity index (χ0v) is 11.5. The zero-order chi connectivity index (χ0) is 15.5. The molecule has 0 aromatic carbocycles. The Balaban J connectivity index is 2.14. The Morgan fingerprint density at radius 3 is 2.71 bits per heavy atom. The van der Waals surface area contributed by atoms with Crippen molar-refractivity contribution in [2.45, 2.75) is 12.7 Å². The van der Waals surface area contributed by atoms with Crippen LogP contribution in [0.3, 0.4) is 0 Å². The third-order valence-electron chi connectivity index (χ3n) is 2.47. The SMILES string of the molecule is COc1cc(CNc2cc(C(F)(F)F)nc(Cl)n2)ccn1. The average molecular weight is 319 g/mol. The molecule has 0 aliphatic carbocycles. The molecular formula is C12H10ClF3N4O. The number of nitrogens with one attached hydrogen (secondary N) is 1. The third kappa shape index (κ3) is 4.19. The lowest BCUT2D eigenvalue weighted by Gasteiger charge is -2.10. The number of nitrogens with zero attached hydrogens (tertiary/aromatic N) is 3. The number of aromatic nitrogens is 3. The minimum atomic E-state index is -4.58. The summed E-state index contributed by atoms with van der Waals surface area (Å²) in [7, 11) is 1.47. The van der Waals surface area contributed by atoms with Gasteiger partial charge in [-0.25, -0.2) is 15.0 Å². The number of hydrogen-bond donors (Lipinski definition) is 1. The van der Waals surface area contributed by atoms with Gasteiger partial charge in [-0.05, 0) is 23.2 Å². The highest BCUT2D eigenvalue weighted by molar-refractivity contribution is 6.28. The molecule has 2 aromatic heterocycles. The Bertz CT molecular complexity index is 636. The van der Waals surface area contributed by atoms with Gasteiger partial charge in [0, 0.05) is 24.9 Å². The van der Waals surface area contributed by atoms with Crippen LogP contribution in [0, 0.1) is 0 Å². The Labute approximate surface area is 123 Å². The lowest BCUT2D eigenvalue weighted by molar-refractivity contribution is -0.141. The fraction of sp³-hybridized carbons (Fsp3) is 0.250. The molecular weight excluding hydrogens is 309 g/mol. The summed E-state index contributed by atoms with van der Waals surface area (Å²) in [5.74, 6) is 0.393. The van der Waals surface area contributed by atoms with Crippen LogP contribution in [-0.4, -0.2) is 22.1 Å². The Morgan fingerprint density at radius 2 is 2.05 bits per heavy atom. The van der Waals surface area contributed by atoms with E-state index in [1.807, 2.05) is 0 Å². The number of rotatable bonds is 4. The number of ether oxygens (including phenoxy) is 1. The Kier molecular flexibility index (Phi) is 4.46. The third-order valence-corrected chi connectivity index (χ3v) is 2.64. The van der Waals surface area contributed by atoms with E-state index >= 15 is 0 Å². The molecule has 0 bridgehead atoms. The smallest absolute Gasteiger partial charge is 0.433 e. The van der Waals surface area contributed by atoms with Gasteiger partial charge in [0.15, 0.2) is 5.69 Å². The molecule has 0 fully saturated rings. The molecule has 21 heavy (non-hydrogen) atoms. The van der Waals surface area contributed by atoms with Crippen molar-refractivity contribution in [2.75, 3.05) is 12.4 Å². The van der Waals surface area contributed by atoms with Crippen LogP contribution >= 0.6 is 11.6 Å². The van der Waals surface area contributed by atoms with Crippen LogP contribution in [0.4, 0.5) is 19.0 Å². The van der Waals surface area contributed by atoms with E-state index in [2.05, 4.69) is 20.3 Å². The monoisotopic (exact) mass is 318 g/mol. The van der Waals surface area contributed by atoms with E-state index in [0.29, 0.717) is 5.88 Å². The van der Waals surface area contributed by atoms with Gasteiger partial charge in [0.1, 0.15) is 5.82 Å². The molecule has 9 heteroatoms. The van der Waals surface area contributed by atoms with Crippen molar-refractivity contribution in [1.82, 2.24) is 15.0 Å². The molecule has 0 aliphatic heterocycles. The molecule has 1 N–H and O–H groups in total. The predicted octanol–water partition coefficient (Wildman–Crippen LogP) is 3.16. The second-order valence-electron chi connectivity index (χ2n) is 3.97. The van der Waals surface area contributed by atoms with Gasteiger partial charge in [-0.15, -0.1) is 0 Å². The summed E-state index contributed by atoms with van der Waals surface area (Å²) in [6.07, 6.45) is -3.05. The summed E-state index contributed by atoms with van der Waals surface area (Å²) in [6.45, 7) is 0.240. The van der Waals surface area contributed by atoms with Gasteiger partial charge in [0.2, 0.25) is 11.2 Å². The normalized spacial score (nSPS) is 11.3. The lowest BCUT2D eigenvalue weighted by Crippen LogP contribution is -2.11. The van der Waals surface area contributed by atoms with E-state index in [9.17, 15) is 13.2 Å². The van der Waals surface area contributed by atoms with Crippen LogP contribution in [0.1, 0.15) is 11.3 Å². The van der Waals surface area contributed by atoms with E-state index in [1.165, 1.54) is 13.3 Å². The van der Waals surface area contributed by atoms with Crippen molar-refractivity contribution in [2.24, 2.45) is 0 Å². The highest BCUT2D eigenvalue weighted by atomic mass is 35.5. The van der Waals surface area contributed by atoms with Gasteiger partial charge in [0.25, 0.3) is 0 Å². The number of alkyl halides is 3. The van der Waals surface area contributed by atoms with Gasteiger partial charge < -0.3 is 10.1 Å². The van der Waals surface area contributed by atoms with Crippen LogP contribution in [-0.2, 0) is 12.7 Å². The summed E-state index contributed by atoms with van der Waals surface area (Å²) < 4.78 is 42.8. The molecule has 0 saturated carbocycles. The molecule has 2 rings (SSSR count). The molecule has 0 radical (unpaired) electrons. The van der Waals surface area contributed by atoms with E-state index < -0.39 is 17.2 Å². The first-order chi connectivity index (χ1) is 9.88. The van der Waals surface area contributed by atoms with Crippen molar-refractivity contribution in [1.29, 1.82) is 0 Å². The van der Waals surface area contributed by atoms with Crippen molar-refractivity contribution in [3.63, 3.8) is 0 Å². The predicted molar refractivity (Wildman–Crippen MR) is 70.2 cm³/mol. The van der Waals surface area contributed by atoms with Crippen molar-refractivity contribution in [3.05, 3.63) is 40.9 Å². The number of anilines is 1. The molecule has 112 valence electrons. The quantitative estimate of drug-likeness (QED) is 0.877. The summed E-state index contributed by atoms with van der Waals surface area (Å²) in [5.41, 5.74) is -0.331. The lowest BCUT2D eigenvalue weighted by atomic mass is 10.2.